The summed E-state index contributed by atoms with van der Waals surface area (Å²) in [7, 11) is -3.16. The molecule has 0 unspecified atom stereocenters. The van der Waals surface area contributed by atoms with Crippen LogP contribution in [0.3, 0.4) is 0 Å². The molecule has 4 bridgehead atoms. The van der Waals surface area contributed by atoms with E-state index < -0.39 is 8.07 Å². The summed E-state index contributed by atoms with van der Waals surface area (Å²) in [4.78, 5) is 9.91. The third-order valence-electron chi connectivity index (χ3n) is 16.6. The van der Waals surface area contributed by atoms with Gasteiger partial charge in [0.15, 0.2) is 0 Å². The number of benzene rings is 8. The van der Waals surface area contributed by atoms with Crippen molar-refractivity contribution in [3.8, 4) is 5.82 Å². The van der Waals surface area contributed by atoms with Crippen LogP contribution < -0.4 is 30.5 Å². The van der Waals surface area contributed by atoms with Gasteiger partial charge in [-0.15, -0.1) is 17.7 Å². The molecule has 3 heterocycles. The first-order valence-electron chi connectivity index (χ1n) is 24.9. The summed E-state index contributed by atoms with van der Waals surface area (Å²) in [6.45, 7) is 2.22. The molecule has 0 N–H and O–H groups in total. The van der Waals surface area contributed by atoms with E-state index in [9.17, 15) is 0 Å². The second kappa shape index (κ2) is 17.3. The molecule has 0 atom stereocenters. The zero-order valence-electron chi connectivity index (χ0n) is 38.8. The fraction of sp³-hybridized carbons (Fsp3) is 0.156. The van der Waals surface area contributed by atoms with Crippen LogP contribution in [0.25, 0.3) is 27.6 Å². The van der Waals surface area contributed by atoms with Crippen LogP contribution in [0.2, 0.25) is 0 Å². The molecule has 1 aliphatic heterocycles. The van der Waals surface area contributed by atoms with Crippen LogP contribution >= 0.6 is 0 Å². The Kier molecular flexibility index (Phi) is 10.7. The maximum atomic E-state index is 5.32. The van der Waals surface area contributed by atoms with Gasteiger partial charge in [0, 0.05) is 55.3 Å². The Morgan fingerprint density at radius 3 is 1.77 bits per heavy atom. The fourth-order valence-corrected chi connectivity index (χ4v) is 18.7. The number of hydrogen-bond acceptors (Lipinski definition) is 3. The topological polar surface area (TPSA) is 24.3 Å². The third-order valence-corrected chi connectivity index (χ3v) is 21.2. The molecule has 0 saturated heterocycles. The zero-order valence-corrected chi connectivity index (χ0v) is 42.1. The third kappa shape index (κ3) is 6.54. The predicted octanol–water partition coefficient (Wildman–Crippen LogP) is 12.3. The van der Waals surface area contributed by atoms with Gasteiger partial charge >= 0.3 is 0 Å². The summed E-state index contributed by atoms with van der Waals surface area (Å²) in [6, 6.07) is 86.9. The summed E-state index contributed by atoms with van der Waals surface area (Å²) in [5.41, 5.74) is 9.45. The Labute approximate surface area is 426 Å². The molecule has 8 aromatic carbocycles. The number of fused-ring (bicyclic) bond motifs is 4. The van der Waals surface area contributed by atoms with Gasteiger partial charge in [-0.25, -0.2) is 4.98 Å². The van der Waals surface area contributed by atoms with E-state index in [0.29, 0.717) is 11.8 Å². The van der Waals surface area contributed by atoms with Crippen molar-refractivity contribution in [1.82, 2.24) is 9.55 Å². The van der Waals surface area contributed by atoms with Crippen LogP contribution in [0.5, 0.6) is 0 Å². The summed E-state index contributed by atoms with van der Waals surface area (Å²) >= 11 is 0. The van der Waals surface area contributed by atoms with Crippen LogP contribution in [-0.4, -0.2) is 17.6 Å². The molecular formula is C64H51N4PtSi-3. The molecule has 0 amide bonds. The number of aromatic nitrogens is 2. The molecule has 2 aromatic heterocycles. The summed E-state index contributed by atoms with van der Waals surface area (Å²) in [5, 5.41) is 7.31. The van der Waals surface area contributed by atoms with E-state index in [-0.39, 0.29) is 26.5 Å². The Morgan fingerprint density at radius 2 is 1.09 bits per heavy atom. The SMILES string of the molecule is [Pt].[c-]1c(N2[CH-]N(c3ccccc3)c3ccccc32)cccc1[Si](c1[c-]c2c(cc1)c1ccccc1n2-c1cc(C2(c3ccccc3)C3CC4CC(C3)CC2C4)ccn1)(c1ccccc1)c1ccccc1. The fourth-order valence-electron chi connectivity index (χ4n) is 14.1. The summed E-state index contributed by atoms with van der Waals surface area (Å²) in [5.74, 6) is 3.95. The number of anilines is 4. The Morgan fingerprint density at radius 1 is 0.500 bits per heavy atom. The van der Waals surface area contributed by atoms with E-state index in [1.807, 2.05) is 0 Å². The number of pyridine rings is 1. The number of nitrogens with zero attached hydrogens (tertiary/aromatic N) is 4. The molecule has 70 heavy (non-hydrogen) atoms. The predicted molar refractivity (Wildman–Crippen MR) is 286 cm³/mol. The van der Waals surface area contributed by atoms with Crippen molar-refractivity contribution < 1.29 is 21.1 Å². The monoisotopic (exact) mass is 1100 g/mol. The average Bonchev–Trinajstić information content (AvgIpc) is 3.97. The Bertz CT molecular complexity index is 3450. The number of hydrogen-bond donors (Lipinski definition) is 0. The first kappa shape index (κ1) is 43.3. The first-order valence-corrected chi connectivity index (χ1v) is 26.9. The average molecular weight is 1100 g/mol. The molecule has 4 fully saturated rings. The molecule has 6 heteroatoms. The molecular weight excluding hydrogens is 1050 g/mol. The second-order valence-corrected chi connectivity index (χ2v) is 23.8. The van der Waals surface area contributed by atoms with E-state index in [0.717, 1.165) is 51.4 Å². The normalized spacial score (nSPS) is 21.3. The van der Waals surface area contributed by atoms with Crippen molar-refractivity contribution in [1.29, 1.82) is 0 Å². The molecule has 5 aliphatic rings. The molecule has 15 rings (SSSR count). The second-order valence-electron chi connectivity index (χ2n) is 20.0. The number of para-hydroxylation sites is 4. The first-order chi connectivity index (χ1) is 34.2. The van der Waals surface area contributed by atoms with E-state index in [4.69, 9.17) is 4.98 Å². The van der Waals surface area contributed by atoms with Crippen molar-refractivity contribution in [3.63, 3.8) is 0 Å². The van der Waals surface area contributed by atoms with Gasteiger partial charge in [0.05, 0.1) is 0 Å². The minimum atomic E-state index is -3.16. The van der Waals surface area contributed by atoms with Crippen molar-refractivity contribution in [3.05, 3.63) is 248 Å². The Hall–Kier alpha value is -6.78. The van der Waals surface area contributed by atoms with Gasteiger partial charge in [0.2, 0.25) is 0 Å². The molecule has 4 saturated carbocycles. The van der Waals surface area contributed by atoms with Crippen LogP contribution in [0.15, 0.2) is 219 Å². The molecule has 4 aliphatic carbocycles. The smallest absolute Gasteiger partial charge is 0.135 e. The van der Waals surface area contributed by atoms with Gasteiger partial charge in [-0.1, -0.05) is 145 Å². The standard InChI is InChI=1S/C64H51N4Si.Pt/c1-5-18-47(19-6-1)64(49-37-45-36-46(39-49)40-50(64)38-45)48-34-35-65-63(41-48)68-59-29-14-13-28-57(59)58-33-32-56(43-62(58)68)69(53-23-9-3-10-24-53,54-25-11-4-12-26-54)55-27-17-22-52(42-55)67-44-66(51-20-7-2-8-21-51)60-30-15-16-31-61(60)67;/h1-35,41,44-46,49-50H,36-40H2;/q-3;. The van der Waals surface area contributed by atoms with Gasteiger partial charge < -0.3 is 14.4 Å². The van der Waals surface area contributed by atoms with Gasteiger partial charge in [0.25, 0.3) is 0 Å². The molecule has 10 aromatic rings. The summed E-state index contributed by atoms with van der Waals surface area (Å²) in [6.07, 6.45) is 8.82. The largest absolute Gasteiger partial charge is 0.493 e. The van der Waals surface area contributed by atoms with Crippen molar-refractivity contribution in [2.45, 2.75) is 37.5 Å². The number of rotatable bonds is 9. The van der Waals surface area contributed by atoms with E-state index >= 15 is 0 Å². The molecule has 344 valence electrons. The maximum Gasteiger partial charge on any atom is 0.135 e. The molecule has 4 nitrogen and oxygen atoms in total. The summed E-state index contributed by atoms with van der Waals surface area (Å²) < 4.78 is 2.43. The van der Waals surface area contributed by atoms with E-state index in [1.54, 1.807) is 0 Å². The van der Waals surface area contributed by atoms with Crippen LogP contribution in [0.1, 0.15) is 43.2 Å². The maximum absolute atomic E-state index is 5.32. The minimum Gasteiger partial charge on any atom is -0.493 e. The van der Waals surface area contributed by atoms with E-state index in [1.165, 1.54) is 74.8 Å². The minimum absolute atomic E-state index is 0. The van der Waals surface area contributed by atoms with E-state index in [2.05, 4.69) is 252 Å². The van der Waals surface area contributed by atoms with Gasteiger partial charge in [-0.3, -0.25) is 0 Å². The zero-order chi connectivity index (χ0) is 45.5. The van der Waals surface area contributed by atoms with Crippen LogP contribution in [0.4, 0.5) is 22.7 Å². The van der Waals surface area contributed by atoms with Crippen LogP contribution in [0, 0.1) is 42.5 Å². The molecule has 0 radical (unpaired) electrons. The van der Waals surface area contributed by atoms with Crippen molar-refractivity contribution >= 4 is 73.4 Å². The van der Waals surface area contributed by atoms with Gasteiger partial charge in [0.1, 0.15) is 13.9 Å². The van der Waals surface area contributed by atoms with Gasteiger partial charge in [-0.2, -0.15) is 52.8 Å². The van der Waals surface area contributed by atoms with Crippen molar-refractivity contribution in [2.75, 3.05) is 9.80 Å². The quantitative estimate of drug-likeness (QED) is 0.0818. The Balaban J connectivity index is 0.00000480. The molecule has 0 spiro atoms. The van der Waals surface area contributed by atoms with Gasteiger partial charge in [-0.05, 0) is 125 Å². The van der Waals surface area contributed by atoms with Crippen molar-refractivity contribution in [2.24, 2.45) is 23.7 Å². The van der Waals surface area contributed by atoms with Crippen LogP contribution in [-0.2, 0) is 26.5 Å².